The molecule has 6 heteroatoms. The van der Waals surface area contributed by atoms with E-state index in [-0.39, 0.29) is 12.8 Å². The first-order valence-electron chi connectivity index (χ1n) is 10.9. The molecule has 1 N–H and O–H groups in total. The van der Waals surface area contributed by atoms with Crippen molar-refractivity contribution in [2.75, 3.05) is 26.3 Å². The van der Waals surface area contributed by atoms with Crippen LogP contribution in [0.3, 0.4) is 0 Å². The predicted octanol–water partition coefficient (Wildman–Crippen LogP) is 5.69. The zero-order chi connectivity index (χ0) is 21.8. The summed E-state index contributed by atoms with van der Waals surface area (Å²) in [4.78, 5) is 13.7. The molecule has 1 heterocycles. The quantitative estimate of drug-likeness (QED) is 0.544. The molecule has 0 unspecified atom stereocenters. The number of fused-ring (bicyclic) bond motifs is 1. The van der Waals surface area contributed by atoms with Crippen LogP contribution in [-0.4, -0.2) is 48.4 Å². The number of carbonyl (C=O) groups is 1. The molecule has 0 bridgehead atoms. The lowest BCUT2D eigenvalue weighted by Gasteiger charge is -2.18. The number of likely N-dealkylation sites (tertiary alicyclic amines) is 1. The largest absolute Gasteiger partial charge is 0.489 e. The Morgan fingerprint density at radius 2 is 2.10 bits per heavy atom. The van der Waals surface area contributed by atoms with E-state index in [1.807, 2.05) is 18.2 Å². The van der Waals surface area contributed by atoms with Gasteiger partial charge in [0.1, 0.15) is 11.9 Å². The van der Waals surface area contributed by atoms with E-state index in [1.165, 1.54) is 0 Å². The number of carboxylic acid groups (broad SMARTS) is 1. The molecule has 1 saturated heterocycles. The number of halogens is 2. The third kappa shape index (κ3) is 5.18. The summed E-state index contributed by atoms with van der Waals surface area (Å²) in [6.45, 7) is 2.28. The van der Waals surface area contributed by atoms with Crippen molar-refractivity contribution in [3.63, 3.8) is 0 Å². The molecular formula is C25H27BrFNO3. The number of aromatic carboxylic acids is 1. The number of nitrogens with zero attached hydrogens (tertiary/aromatic N) is 1. The van der Waals surface area contributed by atoms with E-state index in [2.05, 4.69) is 33.0 Å². The fraction of sp³-hybridized carbons (Fsp3) is 0.400. The summed E-state index contributed by atoms with van der Waals surface area (Å²) in [5.41, 5.74) is 4.63. The minimum Gasteiger partial charge on any atom is -0.489 e. The Bertz CT molecular complexity index is 990. The van der Waals surface area contributed by atoms with E-state index in [4.69, 9.17) is 4.74 Å². The summed E-state index contributed by atoms with van der Waals surface area (Å²) in [7, 11) is 0. The van der Waals surface area contributed by atoms with E-state index in [1.54, 1.807) is 12.1 Å². The van der Waals surface area contributed by atoms with E-state index in [0.717, 1.165) is 77.8 Å². The molecule has 0 saturated carbocycles. The Labute approximate surface area is 190 Å². The third-order valence-electron chi connectivity index (χ3n) is 6.00. The average Bonchev–Trinajstić information content (AvgIpc) is 3.13. The maximum atomic E-state index is 12.4. The summed E-state index contributed by atoms with van der Waals surface area (Å²) in [5.74, 6) is -0.0697. The van der Waals surface area contributed by atoms with Crippen LogP contribution in [0.15, 0.2) is 46.9 Å². The molecule has 1 atom stereocenters. The zero-order valence-electron chi connectivity index (χ0n) is 17.4. The Kier molecular flexibility index (Phi) is 7.08. The standard InChI is InChI=1S/C25H27BrFNO3/c26-23-7-2-4-17-14-19(25(29)30)8-9-22(17)24(23)18-5-1-6-20(15-18)31-21-10-13-28(16-21)12-3-11-27/h1,5-6,8-9,14-15,21H,2-4,7,10-13,16H2,(H,29,30)/t21-/m1/s1. The van der Waals surface area contributed by atoms with Gasteiger partial charge in [-0.15, -0.1) is 0 Å². The van der Waals surface area contributed by atoms with Gasteiger partial charge in [-0.3, -0.25) is 9.29 Å². The molecule has 0 spiro atoms. The van der Waals surface area contributed by atoms with Crippen LogP contribution in [0, 0.1) is 0 Å². The smallest absolute Gasteiger partial charge is 0.335 e. The van der Waals surface area contributed by atoms with Crippen LogP contribution in [0.25, 0.3) is 5.57 Å². The molecule has 4 rings (SSSR count). The van der Waals surface area contributed by atoms with Gasteiger partial charge in [-0.1, -0.05) is 34.1 Å². The predicted molar refractivity (Wildman–Crippen MR) is 124 cm³/mol. The molecule has 31 heavy (non-hydrogen) atoms. The fourth-order valence-corrected chi connectivity index (χ4v) is 5.21. The van der Waals surface area contributed by atoms with Crippen molar-refractivity contribution in [1.82, 2.24) is 4.90 Å². The number of rotatable bonds is 7. The third-order valence-corrected chi connectivity index (χ3v) is 6.79. The molecule has 0 amide bonds. The van der Waals surface area contributed by atoms with Crippen LogP contribution in [0.2, 0.25) is 0 Å². The van der Waals surface area contributed by atoms with E-state index in [0.29, 0.717) is 12.0 Å². The molecule has 0 aromatic heterocycles. The number of ether oxygens (including phenoxy) is 1. The van der Waals surface area contributed by atoms with Crippen molar-refractivity contribution in [1.29, 1.82) is 0 Å². The maximum absolute atomic E-state index is 12.4. The second-order valence-electron chi connectivity index (χ2n) is 8.21. The number of hydrogen-bond acceptors (Lipinski definition) is 3. The van der Waals surface area contributed by atoms with Gasteiger partial charge in [0.15, 0.2) is 0 Å². The Morgan fingerprint density at radius 1 is 1.23 bits per heavy atom. The lowest BCUT2D eigenvalue weighted by atomic mass is 9.92. The molecule has 1 aliphatic heterocycles. The number of carboxylic acids is 1. The van der Waals surface area contributed by atoms with Gasteiger partial charge in [0, 0.05) is 24.1 Å². The highest BCUT2D eigenvalue weighted by Crippen LogP contribution is 2.39. The first kappa shape index (κ1) is 22.0. The van der Waals surface area contributed by atoms with Crippen molar-refractivity contribution in [3.05, 3.63) is 69.2 Å². The first-order chi connectivity index (χ1) is 15.0. The normalized spacial score (nSPS) is 19.2. The molecule has 4 nitrogen and oxygen atoms in total. The Morgan fingerprint density at radius 3 is 2.90 bits per heavy atom. The monoisotopic (exact) mass is 487 g/mol. The van der Waals surface area contributed by atoms with Gasteiger partial charge in [0.25, 0.3) is 0 Å². The molecule has 1 fully saturated rings. The van der Waals surface area contributed by atoms with Crippen molar-refractivity contribution >= 4 is 27.5 Å². The Balaban J connectivity index is 1.58. The number of allylic oxidation sites excluding steroid dienone is 1. The minimum atomic E-state index is -0.899. The van der Waals surface area contributed by atoms with Crippen molar-refractivity contribution < 1.29 is 19.0 Å². The minimum absolute atomic E-state index is 0.117. The Hall–Kier alpha value is -2.18. The van der Waals surface area contributed by atoms with Gasteiger partial charge in [-0.2, -0.15) is 0 Å². The van der Waals surface area contributed by atoms with E-state index in [9.17, 15) is 14.3 Å². The van der Waals surface area contributed by atoms with Crippen LogP contribution in [0.4, 0.5) is 4.39 Å². The number of aryl methyl sites for hydroxylation is 1. The second kappa shape index (κ2) is 9.96. The average molecular weight is 488 g/mol. The van der Waals surface area contributed by atoms with Crippen molar-refractivity contribution in [3.8, 4) is 5.75 Å². The van der Waals surface area contributed by atoms with Crippen molar-refractivity contribution in [2.24, 2.45) is 0 Å². The zero-order valence-corrected chi connectivity index (χ0v) is 19.0. The maximum Gasteiger partial charge on any atom is 0.335 e. The summed E-state index contributed by atoms with van der Waals surface area (Å²) in [6.07, 6.45) is 4.36. The van der Waals surface area contributed by atoms with Gasteiger partial charge in [0.05, 0.1) is 12.2 Å². The van der Waals surface area contributed by atoms with Gasteiger partial charge < -0.3 is 9.84 Å². The number of hydrogen-bond donors (Lipinski definition) is 1. The topological polar surface area (TPSA) is 49.8 Å². The molecular weight excluding hydrogens is 461 g/mol. The lowest BCUT2D eigenvalue weighted by molar-refractivity contribution is 0.0696. The van der Waals surface area contributed by atoms with Crippen LogP contribution in [0.1, 0.15) is 52.7 Å². The van der Waals surface area contributed by atoms with Gasteiger partial charge >= 0.3 is 5.97 Å². The highest BCUT2D eigenvalue weighted by molar-refractivity contribution is 9.11. The number of benzene rings is 2. The molecule has 1 aliphatic carbocycles. The molecule has 0 radical (unpaired) electrons. The summed E-state index contributed by atoms with van der Waals surface area (Å²) < 4.78 is 19.8. The highest BCUT2D eigenvalue weighted by atomic mass is 79.9. The summed E-state index contributed by atoms with van der Waals surface area (Å²) in [6, 6.07) is 13.5. The molecule has 2 aromatic carbocycles. The van der Waals surface area contributed by atoms with E-state index < -0.39 is 5.97 Å². The van der Waals surface area contributed by atoms with Gasteiger partial charge in [-0.05, 0) is 78.6 Å². The highest BCUT2D eigenvalue weighted by Gasteiger charge is 2.24. The van der Waals surface area contributed by atoms with Gasteiger partial charge in [0.2, 0.25) is 0 Å². The lowest BCUT2D eigenvalue weighted by Crippen LogP contribution is -2.26. The molecule has 2 aromatic rings. The SMILES string of the molecule is O=C(O)c1ccc2c(c1)CCCC(Br)=C2c1cccc(O[C@@H]2CCN(CCCF)C2)c1. The number of alkyl halides is 1. The fourth-order valence-electron chi connectivity index (χ4n) is 4.49. The summed E-state index contributed by atoms with van der Waals surface area (Å²) in [5, 5.41) is 9.37. The van der Waals surface area contributed by atoms with Crippen LogP contribution in [0.5, 0.6) is 5.75 Å². The second-order valence-corrected chi connectivity index (χ2v) is 9.17. The molecule has 2 aliphatic rings. The van der Waals surface area contributed by atoms with Crippen LogP contribution >= 0.6 is 15.9 Å². The van der Waals surface area contributed by atoms with Crippen LogP contribution < -0.4 is 4.74 Å². The summed E-state index contributed by atoms with van der Waals surface area (Å²) >= 11 is 3.79. The van der Waals surface area contributed by atoms with Crippen LogP contribution in [-0.2, 0) is 6.42 Å². The van der Waals surface area contributed by atoms with Crippen molar-refractivity contribution in [2.45, 2.75) is 38.2 Å². The molecule has 164 valence electrons. The first-order valence-corrected chi connectivity index (χ1v) is 11.6. The van der Waals surface area contributed by atoms with Gasteiger partial charge in [-0.25, -0.2) is 4.79 Å². The van der Waals surface area contributed by atoms with E-state index >= 15 is 0 Å².